The molecule has 0 unspecified atom stereocenters. The van der Waals surface area contributed by atoms with Crippen molar-refractivity contribution < 1.29 is 9.53 Å². The van der Waals surface area contributed by atoms with E-state index in [1.807, 2.05) is 38.1 Å². The average molecular weight is 234 g/mol. The summed E-state index contributed by atoms with van der Waals surface area (Å²) in [5, 5.41) is 0. The van der Waals surface area contributed by atoms with Crippen LogP contribution in [0.2, 0.25) is 0 Å². The fraction of sp³-hybridized carbons (Fsp3) is 0.533. The zero-order valence-electron chi connectivity index (χ0n) is 11.0. The molecule has 0 fully saturated rings. The number of Topliss-reactive ketones (excluding diaryl/α,β-unsaturated/α-hetero) is 1. The molecule has 1 aromatic rings. The first-order chi connectivity index (χ1) is 8.15. The third-order valence-corrected chi connectivity index (χ3v) is 2.67. The highest BCUT2D eigenvalue weighted by Gasteiger charge is 2.09. The zero-order valence-corrected chi connectivity index (χ0v) is 11.0. The maximum absolute atomic E-state index is 11.7. The summed E-state index contributed by atoms with van der Waals surface area (Å²) in [6.07, 6.45) is 2.26. The fourth-order valence-electron chi connectivity index (χ4n) is 1.53. The molecule has 0 aromatic heterocycles. The van der Waals surface area contributed by atoms with Gasteiger partial charge in [-0.1, -0.05) is 51.5 Å². The molecule has 0 aliphatic carbocycles. The van der Waals surface area contributed by atoms with Gasteiger partial charge in [0, 0.05) is 18.1 Å². The van der Waals surface area contributed by atoms with Crippen LogP contribution in [0.3, 0.4) is 0 Å². The third kappa shape index (κ3) is 4.70. The molecule has 0 atom stereocenters. The molecule has 0 N–H and O–H groups in total. The van der Waals surface area contributed by atoms with E-state index in [1.54, 1.807) is 0 Å². The van der Waals surface area contributed by atoms with Crippen molar-refractivity contribution in [3.63, 3.8) is 0 Å². The van der Waals surface area contributed by atoms with Gasteiger partial charge in [-0.3, -0.25) is 4.79 Å². The van der Waals surface area contributed by atoms with E-state index in [4.69, 9.17) is 4.74 Å². The number of carbonyl (C=O) groups is 1. The van der Waals surface area contributed by atoms with Crippen molar-refractivity contribution >= 4 is 5.78 Å². The molecule has 1 aromatic carbocycles. The van der Waals surface area contributed by atoms with Crippen LogP contribution in [0.5, 0.6) is 0 Å². The minimum absolute atomic E-state index is 0.0571. The monoisotopic (exact) mass is 234 g/mol. The maximum atomic E-state index is 11.7. The van der Waals surface area contributed by atoms with Crippen molar-refractivity contribution in [2.75, 3.05) is 6.61 Å². The van der Waals surface area contributed by atoms with Crippen LogP contribution < -0.4 is 0 Å². The van der Waals surface area contributed by atoms with Crippen LogP contribution in [0.1, 0.15) is 49.5 Å². The molecule has 0 aliphatic rings. The van der Waals surface area contributed by atoms with Gasteiger partial charge in [0.2, 0.25) is 0 Å². The Kier molecular flexibility index (Phi) is 5.92. The van der Waals surface area contributed by atoms with Gasteiger partial charge >= 0.3 is 0 Å². The van der Waals surface area contributed by atoms with Gasteiger partial charge in [0.15, 0.2) is 5.78 Å². The Bertz CT molecular complexity index is 338. The summed E-state index contributed by atoms with van der Waals surface area (Å²) >= 11 is 0. The quantitative estimate of drug-likeness (QED) is 0.529. The van der Waals surface area contributed by atoms with Crippen molar-refractivity contribution in [3.8, 4) is 0 Å². The lowest BCUT2D eigenvalue weighted by molar-refractivity contribution is 0.0939. The topological polar surface area (TPSA) is 26.3 Å². The number of rotatable bonds is 7. The molecule has 2 heteroatoms. The minimum atomic E-state index is 0.0571. The molecule has 0 amide bonds. The molecule has 1 rings (SSSR count). The van der Waals surface area contributed by atoms with Gasteiger partial charge in [-0.2, -0.15) is 0 Å². The normalized spacial score (nSPS) is 10.8. The molecular weight excluding hydrogens is 212 g/mol. The van der Waals surface area contributed by atoms with Gasteiger partial charge in [0.25, 0.3) is 0 Å². The molecule has 0 bridgehead atoms. The van der Waals surface area contributed by atoms with E-state index in [-0.39, 0.29) is 11.7 Å². The van der Waals surface area contributed by atoms with E-state index in [2.05, 4.69) is 6.92 Å². The molecule has 2 nitrogen and oxygen atoms in total. The summed E-state index contributed by atoms with van der Waals surface area (Å²) in [6.45, 7) is 7.43. The van der Waals surface area contributed by atoms with Crippen molar-refractivity contribution in [3.05, 3.63) is 35.4 Å². The Morgan fingerprint density at radius 1 is 1.24 bits per heavy atom. The molecule has 17 heavy (non-hydrogen) atoms. The summed E-state index contributed by atoms with van der Waals surface area (Å²) in [5.74, 6) is 0.255. The first kappa shape index (κ1) is 13.9. The largest absolute Gasteiger partial charge is 0.377 e. The zero-order chi connectivity index (χ0) is 12.7. The molecule has 0 aliphatic heterocycles. The highest BCUT2D eigenvalue weighted by Crippen LogP contribution is 2.11. The van der Waals surface area contributed by atoms with Crippen LogP contribution in [-0.2, 0) is 11.3 Å². The van der Waals surface area contributed by atoms with Crippen LogP contribution in [-0.4, -0.2) is 12.4 Å². The lowest BCUT2D eigenvalue weighted by atomic mass is 10.0. The first-order valence-corrected chi connectivity index (χ1v) is 6.36. The van der Waals surface area contributed by atoms with Crippen LogP contribution in [0.25, 0.3) is 0 Å². The number of ether oxygens (including phenoxy) is 1. The van der Waals surface area contributed by atoms with E-state index in [0.717, 1.165) is 30.6 Å². The van der Waals surface area contributed by atoms with Gasteiger partial charge < -0.3 is 4.74 Å². The van der Waals surface area contributed by atoms with Gasteiger partial charge in [0.1, 0.15) is 0 Å². The number of unbranched alkanes of at least 4 members (excludes halogenated alkanes) is 1. The number of ketones is 1. The second-order valence-electron chi connectivity index (χ2n) is 4.62. The first-order valence-electron chi connectivity index (χ1n) is 6.36. The van der Waals surface area contributed by atoms with Crippen molar-refractivity contribution in [2.24, 2.45) is 5.92 Å². The number of hydrogen-bond acceptors (Lipinski definition) is 2. The van der Waals surface area contributed by atoms with Crippen molar-refractivity contribution in [2.45, 2.75) is 40.2 Å². The van der Waals surface area contributed by atoms with E-state index >= 15 is 0 Å². The Hall–Kier alpha value is -1.15. The molecule has 94 valence electrons. The third-order valence-electron chi connectivity index (χ3n) is 2.67. The molecular formula is C15H22O2. The Morgan fingerprint density at radius 3 is 2.41 bits per heavy atom. The summed E-state index contributed by atoms with van der Waals surface area (Å²) in [7, 11) is 0. The van der Waals surface area contributed by atoms with Crippen molar-refractivity contribution in [1.82, 2.24) is 0 Å². The Balaban J connectivity index is 2.47. The molecule has 0 radical (unpaired) electrons. The van der Waals surface area contributed by atoms with E-state index < -0.39 is 0 Å². The SMILES string of the molecule is CCCCOCc1ccc(C(=O)C(C)C)cc1. The van der Waals surface area contributed by atoms with Gasteiger partial charge in [-0.05, 0) is 12.0 Å². The Morgan fingerprint density at radius 2 is 1.88 bits per heavy atom. The van der Waals surface area contributed by atoms with Crippen LogP contribution >= 0.6 is 0 Å². The highest BCUT2D eigenvalue weighted by molar-refractivity contribution is 5.97. The van der Waals surface area contributed by atoms with Gasteiger partial charge in [-0.15, -0.1) is 0 Å². The summed E-state index contributed by atoms with van der Waals surface area (Å²) in [6, 6.07) is 7.73. The second-order valence-corrected chi connectivity index (χ2v) is 4.62. The number of benzene rings is 1. The molecule has 0 spiro atoms. The molecule has 0 saturated heterocycles. The lowest BCUT2D eigenvalue weighted by Crippen LogP contribution is -2.07. The van der Waals surface area contributed by atoms with Crippen LogP contribution in [0.4, 0.5) is 0 Å². The number of hydrogen-bond donors (Lipinski definition) is 0. The molecule has 0 saturated carbocycles. The maximum Gasteiger partial charge on any atom is 0.165 e. The average Bonchev–Trinajstić information content (AvgIpc) is 2.34. The van der Waals surface area contributed by atoms with E-state index in [0.29, 0.717) is 6.61 Å². The molecule has 0 heterocycles. The van der Waals surface area contributed by atoms with Crippen molar-refractivity contribution in [1.29, 1.82) is 0 Å². The second kappa shape index (κ2) is 7.23. The smallest absolute Gasteiger partial charge is 0.165 e. The predicted molar refractivity (Wildman–Crippen MR) is 70.2 cm³/mol. The predicted octanol–water partition coefficient (Wildman–Crippen LogP) is 3.84. The summed E-state index contributed by atoms with van der Waals surface area (Å²) in [5.41, 5.74) is 1.92. The standard InChI is InChI=1S/C15H22O2/c1-4-5-10-17-11-13-6-8-14(9-7-13)15(16)12(2)3/h6-9,12H,4-5,10-11H2,1-3H3. The van der Waals surface area contributed by atoms with E-state index in [1.165, 1.54) is 0 Å². The summed E-state index contributed by atoms with van der Waals surface area (Å²) in [4.78, 5) is 11.7. The summed E-state index contributed by atoms with van der Waals surface area (Å²) < 4.78 is 5.52. The Labute approximate surface area is 104 Å². The van der Waals surface area contributed by atoms with E-state index in [9.17, 15) is 4.79 Å². The van der Waals surface area contributed by atoms with Crippen LogP contribution in [0.15, 0.2) is 24.3 Å². The fourth-order valence-corrected chi connectivity index (χ4v) is 1.53. The lowest BCUT2D eigenvalue weighted by Gasteiger charge is -2.06. The van der Waals surface area contributed by atoms with Gasteiger partial charge in [-0.25, -0.2) is 0 Å². The highest BCUT2D eigenvalue weighted by atomic mass is 16.5. The van der Waals surface area contributed by atoms with Gasteiger partial charge in [0.05, 0.1) is 6.61 Å². The van der Waals surface area contributed by atoms with Crippen LogP contribution in [0, 0.1) is 5.92 Å². The minimum Gasteiger partial charge on any atom is -0.377 e. The number of carbonyl (C=O) groups excluding carboxylic acids is 1.